The van der Waals surface area contributed by atoms with Crippen molar-refractivity contribution in [3.8, 4) is 0 Å². The Bertz CT molecular complexity index is 370. The first-order chi connectivity index (χ1) is 8.79. The zero-order valence-corrected chi connectivity index (χ0v) is 11.9. The summed E-state index contributed by atoms with van der Waals surface area (Å²) >= 11 is 0. The number of nitrogens with zero attached hydrogens (tertiary/aromatic N) is 1. The molecule has 1 aliphatic rings. The maximum Gasteiger partial charge on any atom is 0.328 e. The molecule has 1 heterocycles. The summed E-state index contributed by atoms with van der Waals surface area (Å²) in [5.74, 6) is -1.62. The predicted molar refractivity (Wildman–Crippen MR) is 70.1 cm³/mol. The van der Waals surface area contributed by atoms with Gasteiger partial charge in [0.2, 0.25) is 5.78 Å². The van der Waals surface area contributed by atoms with Crippen LogP contribution in [-0.4, -0.2) is 41.8 Å². The molecule has 0 N–H and O–H groups in total. The lowest BCUT2D eigenvalue weighted by atomic mass is 9.89. The summed E-state index contributed by atoms with van der Waals surface area (Å²) in [5.41, 5.74) is -0.978. The molecule has 107 valence electrons. The molecule has 19 heavy (non-hydrogen) atoms. The Kier molecular flexibility index (Phi) is 5.09. The lowest BCUT2D eigenvalue weighted by molar-refractivity contribution is -0.160. The summed E-state index contributed by atoms with van der Waals surface area (Å²) in [6.45, 7) is 9.28. The van der Waals surface area contributed by atoms with Gasteiger partial charge in [0.05, 0.1) is 6.61 Å². The average Bonchev–Trinajstić information content (AvgIpc) is 2.36. The highest BCUT2D eigenvalue weighted by molar-refractivity contribution is 6.38. The highest BCUT2D eigenvalue weighted by atomic mass is 16.5. The number of carbonyl (C=O) groups excluding carboxylic acids is 3. The van der Waals surface area contributed by atoms with Crippen LogP contribution in [0.1, 0.15) is 40.0 Å². The number of amides is 1. The molecule has 1 rings (SSSR count). The van der Waals surface area contributed by atoms with Gasteiger partial charge < -0.3 is 9.64 Å². The number of ether oxygens (including phenoxy) is 1. The number of likely N-dealkylation sites (tertiary alicyclic amines) is 1. The molecular formula is C14H22NO4. The molecule has 1 aliphatic heterocycles. The van der Waals surface area contributed by atoms with Crippen molar-refractivity contribution in [2.24, 2.45) is 5.41 Å². The number of hydrogen-bond donors (Lipinski definition) is 0. The highest BCUT2D eigenvalue weighted by Gasteiger charge is 2.39. The van der Waals surface area contributed by atoms with Crippen molar-refractivity contribution in [2.45, 2.75) is 46.1 Å². The lowest BCUT2D eigenvalue weighted by Crippen LogP contribution is -2.52. The third kappa shape index (κ3) is 3.78. The average molecular weight is 268 g/mol. The third-order valence-electron chi connectivity index (χ3n) is 3.13. The summed E-state index contributed by atoms with van der Waals surface area (Å²) in [4.78, 5) is 37.4. The van der Waals surface area contributed by atoms with Crippen LogP contribution in [-0.2, 0) is 19.1 Å². The van der Waals surface area contributed by atoms with Crippen LogP contribution in [0.2, 0.25) is 0 Å². The maximum absolute atomic E-state index is 12.2. The van der Waals surface area contributed by atoms with Crippen LogP contribution >= 0.6 is 0 Å². The smallest absolute Gasteiger partial charge is 0.328 e. The summed E-state index contributed by atoms with van der Waals surface area (Å²) < 4.78 is 4.97. The van der Waals surface area contributed by atoms with E-state index in [1.807, 2.05) is 0 Å². The molecule has 0 spiro atoms. The van der Waals surface area contributed by atoms with Crippen molar-refractivity contribution >= 4 is 17.7 Å². The van der Waals surface area contributed by atoms with E-state index in [2.05, 4.69) is 6.92 Å². The number of piperidine rings is 1. The van der Waals surface area contributed by atoms with Gasteiger partial charge in [0.15, 0.2) is 0 Å². The second-order valence-corrected chi connectivity index (χ2v) is 5.48. The Balaban J connectivity index is 2.85. The number of esters is 1. The molecule has 0 aromatic rings. The maximum atomic E-state index is 12.2. The zero-order chi connectivity index (χ0) is 14.6. The van der Waals surface area contributed by atoms with Gasteiger partial charge in [-0.3, -0.25) is 9.59 Å². The first kappa shape index (κ1) is 15.7. The van der Waals surface area contributed by atoms with E-state index in [0.29, 0.717) is 13.0 Å². The van der Waals surface area contributed by atoms with Gasteiger partial charge in [-0.05, 0) is 33.1 Å². The molecule has 5 nitrogen and oxygen atoms in total. The Labute approximate surface area is 114 Å². The van der Waals surface area contributed by atoms with Gasteiger partial charge in [0.1, 0.15) is 6.04 Å². The van der Waals surface area contributed by atoms with Crippen molar-refractivity contribution in [3.63, 3.8) is 0 Å². The number of ketones is 1. The third-order valence-corrected chi connectivity index (χ3v) is 3.13. The molecule has 1 atom stereocenters. The molecule has 0 saturated carbocycles. The van der Waals surface area contributed by atoms with Crippen LogP contribution in [0.5, 0.6) is 0 Å². The van der Waals surface area contributed by atoms with Gasteiger partial charge in [0, 0.05) is 12.0 Å². The Morgan fingerprint density at radius 2 is 1.95 bits per heavy atom. The molecular weight excluding hydrogens is 246 g/mol. The minimum Gasteiger partial charge on any atom is -0.464 e. The molecule has 1 saturated heterocycles. The second kappa shape index (κ2) is 6.17. The summed E-state index contributed by atoms with van der Waals surface area (Å²) in [7, 11) is 0. The Morgan fingerprint density at radius 3 is 2.47 bits per heavy atom. The lowest BCUT2D eigenvalue weighted by Gasteiger charge is -2.34. The Hall–Kier alpha value is -1.39. The molecule has 0 bridgehead atoms. The van der Waals surface area contributed by atoms with Gasteiger partial charge in [-0.2, -0.15) is 0 Å². The van der Waals surface area contributed by atoms with E-state index in [-0.39, 0.29) is 6.61 Å². The van der Waals surface area contributed by atoms with Crippen molar-refractivity contribution in [2.75, 3.05) is 13.2 Å². The SMILES string of the molecule is [CH2]C(C)(C)C(=O)C(=O)N1CCCCC1C(=O)OCC. The molecule has 1 amide bonds. The topological polar surface area (TPSA) is 63.7 Å². The van der Waals surface area contributed by atoms with E-state index in [0.717, 1.165) is 12.8 Å². The van der Waals surface area contributed by atoms with Gasteiger partial charge >= 0.3 is 5.97 Å². The van der Waals surface area contributed by atoms with Crippen LogP contribution in [0, 0.1) is 12.3 Å². The van der Waals surface area contributed by atoms with Crippen molar-refractivity contribution in [3.05, 3.63) is 6.92 Å². The minimum atomic E-state index is -0.978. The van der Waals surface area contributed by atoms with Gasteiger partial charge in [-0.15, -0.1) is 0 Å². The molecule has 0 aromatic heterocycles. The number of Topliss-reactive ketones (excluding diaryl/α,β-unsaturated/α-hetero) is 1. The van der Waals surface area contributed by atoms with Crippen LogP contribution in [0.25, 0.3) is 0 Å². The fraction of sp³-hybridized carbons (Fsp3) is 0.714. The zero-order valence-electron chi connectivity index (χ0n) is 11.9. The van der Waals surface area contributed by atoms with Crippen LogP contribution in [0.15, 0.2) is 0 Å². The van der Waals surface area contributed by atoms with E-state index in [1.54, 1.807) is 20.8 Å². The first-order valence-electron chi connectivity index (χ1n) is 6.66. The fourth-order valence-corrected chi connectivity index (χ4v) is 2.08. The molecule has 5 heteroatoms. The Morgan fingerprint density at radius 1 is 1.32 bits per heavy atom. The van der Waals surface area contributed by atoms with Crippen LogP contribution < -0.4 is 0 Å². The fourth-order valence-electron chi connectivity index (χ4n) is 2.08. The summed E-state index contributed by atoms with van der Waals surface area (Å²) in [5, 5.41) is 0. The molecule has 1 fully saturated rings. The monoisotopic (exact) mass is 268 g/mol. The summed E-state index contributed by atoms with van der Waals surface area (Å²) in [6.07, 6.45) is 2.21. The number of carbonyl (C=O) groups is 3. The van der Waals surface area contributed by atoms with E-state index >= 15 is 0 Å². The largest absolute Gasteiger partial charge is 0.464 e. The van der Waals surface area contributed by atoms with Gasteiger partial charge in [0.25, 0.3) is 5.91 Å². The van der Waals surface area contributed by atoms with Crippen molar-refractivity contribution < 1.29 is 19.1 Å². The van der Waals surface area contributed by atoms with E-state index in [4.69, 9.17) is 4.74 Å². The highest BCUT2D eigenvalue weighted by Crippen LogP contribution is 2.22. The number of rotatable bonds is 4. The van der Waals surface area contributed by atoms with Crippen molar-refractivity contribution in [1.29, 1.82) is 0 Å². The van der Waals surface area contributed by atoms with Crippen LogP contribution in [0.4, 0.5) is 0 Å². The summed E-state index contributed by atoms with van der Waals surface area (Å²) in [6, 6.07) is -0.632. The molecule has 0 aromatic carbocycles. The molecule has 1 radical (unpaired) electrons. The van der Waals surface area contributed by atoms with E-state index in [1.165, 1.54) is 4.90 Å². The first-order valence-corrected chi connectivity index (χ1v) is 6.66. The quantitative estimate of drug-likeness (QED) is 0.570. The molecule has 0 aliphatic carbocycles. The minimum absolute atomic E-state index is 0.270. The predicted octanol–water partition coefficient (Wildman–Crippen LogP) is 1.36. The van der Waals surface area contributed by atoms with E-state index < -0.39 is 29.1 Å². The molecule has 1 unspecified atom stereocenters. The van der Waals surface area contributed by atoms with Gasteiger partial charge in [-0.1, -0.05) is 13.8 Å². The normalized spacial score (nSPS) is 20.0. The standard InChI is InChI=1S/C14H22NO4/c1-5-19-13(18)10-8-6-7-9-15(10)12(17)11(16)14(2,3)4/h10H,2,5-9H2,1,3-4H3. The van der Waals surface area contributed by atoms with E-state index in [9.17, 15) is 14.4 Å². The second-order valence-electron chi connectivity index (χ2n) is 5.48. The number of hydrogen-bond acceptors (Lipinski definition) is 4. The van der Waals surface area contributed by atoms with Crippen molar-refractivity contribution in [1.82, 2.24) is 4.90 Å². The van der Waals surface area contributed by atoms with Crippen LogP contribution in [0.3, 0.4) is 0 Å². The van der Waals surface area contributed by atoms with Gasteiger partial charge in [-0.25, -0.2) is 4.79 Å².